The van der Waals surface area contributed by atoms with Crippen molar-refractivity contribution in [2.75, 3.05) is 19.4 Å². The van der Waals surface area contributed by atoms with Crippen LogP contribution in [-0.2, 0) is 16.6 Å². The lowest BCUT2D eigenvalue weighted by molar-refractivity contribution is 0.415. The van der Waals surface area contributed by atoms with Gasteiger partial charge in [-0.05, 0) is 18.6 Å². The van der Waals surface area contributed by atoms with Crippen LogP contribution in [0.2, 0.25) is 0 Å². The van der Waals surface area contributed by atoms with Gasteiger partial charge in [-0.25, -0.2) is 13.1 Å². The fourth-order valence-corrected chi connectivity index (χ4v) is 2.83. The van der Waals surface area contributed by atoms with E-state index in [1.807, 2.05) is 0 Å². The van der Waals surface area contributed by atoms with E-state index in [1.165, 1.54) is 25.3 Å². The Morgan fingerprint density at radius 1 is 1.43 bits per heavy atom. The Morgan fingerprint density at radius 2 is 2.24 bits per heavy atom. The summed E-state index contributed by atoms with van der Waals surface area (Å²) >= 11 is 0. The number of hydrogen-bond acceptors (Lipinski definition) is 6. The molecule has 2 rings (SSSR count). The Kier molecular flexibility index (Phi) is 4.76. The second-order valence-electron chi connectivity index (χ2n) is 4.32. The molecule has 1 aromatic heterocycles. The van der Waals surface area contributed by atoms with E-state index in [0.29, 0.717) is 30.9 Å². The molecule has 21 heavy (non-hydrogen) atoms. The molecule has 0 aliphatic carbocycles. The normalized spacial score (nSPS) is 11.5. The highest BCUT2D eigenvalue weighted by Gasteiger charge is 2.15. The SMILES string of the molecule is COc1cc(S(=O)(=O)NCCCn2ccnn2)ccc1N. The third kappa shape index (κ3) is 3.92. The zero-order valence-electron chi connectivity index (χ0n) is 11.6. The number of sulfonamides is 1. The van der Waals surface area contributed by atoms with Crippen LogP contribution in [0.3, 0.4) is 0 Å². The first-order valence-corrected chi connectivity index (χ1v) is 7.78. The van der Waals surface area contributed by atoms with Gasteiger partial charge in [0.2, 0.25) is 10.0 Å². The fraction of sp³-hybridized carbons (Fsp3) is 0.333. The number of nitrogens with zero attached hydrogens (tertiary/aromatic N) is 3. The largest absolute Gasteiger partial charge is 0.495 e. The highest BCUT2D eigenvalue weighted by molar-refractivity contribution is 7.89. The highest BCUT2D eigenvalue weighted by Crippen LogP contribution is 2.24. The van der Waals surface area contributed by atoms with Gasteiger partial charge in [-0.3, -0.25) is 4.68 Å². The Labute approximate surface area is 123 Å². The second kappa shape index (κ2) is 6.55. The van der Waals surface area contributed by atoms with E-state index in [9.17, 15) is 8.42 Å². The predicted octanol–water partition coefficient (Wildman–Crippen LogP) is 0.237. The lowest BCUT2D eigenvalue weighted by Gasteiger charge is -2.09. The van der Waals surface area contributed by atoms with Gasteiger partial charge in [-0.2, -0.15) is 0 Å². The van der Waals surface area contributed by atoms with Crippen LogP contribution in [0.4, 0.5) is 5.69 Å². The monoisotopic (exact) mass is 311 g/mol. The maximum atomic E-state index is 12.1. The molecule has 3 N–H and O–H groups in total. The van der Waals surface area contributed by atoms with Crippen LogP contribution in [-0.4, -0.2) is 37.1 Å². The summed E-state index contributed by atoms with van der Waals surface area (Å²) in [6.07, 6.45) is 3.90. The van der Waals surface area contributed by atoms with Crippen molar-refractivity contribution in [3.63, 3.8) is 0 Å². The molecule has 0 atom stereocenters. The molecule has 2 aromatic rings. The van der Waals surface area contributed by atoms with Crippen molar-refractivity contribution >= 4 is 15.7 Å². The Balaban J connectivity index is 1.95. The molecule has 0 amide bonds. The summed E-state index contributed by atoms with van der Waals surface area (Å²) in [6, 6.07) is 4.34. The molecule has 0 aliphatic rings. The minimum atomic E-state index is -3.58. The summed E-state index contributed by atoms with van der Waals surface area (Å²) in [5.41, 5.74) is 6.05. The van der Waals surface area contributed by atoms with Crippen LogP contribution in [0.25, 0.3) is 0 Å². The molecule has 0 unspecified atom stereocenters. The zero-order chi connectivity index (χ0) is 15.3. The van der Waals surface area contributed by atoms with E-state index in [4.69, 9.17) is 10.5 Å². The van der Waals surface area contributed by atoms with E-state index >= 15 is 0 Å². The Bertz CT molecular complexity index is 685. The Hall–Kier alpha value is -2.13. The summed E-state index contributed by atoms with van der Waals surface area (Å²) in [4.78, 5) is 0.120. The van der Waals surface area contributed by atoms with Crippen LogP contribution >= 0.6 is 0 Å². The number of methoxy groups -OCH3 is 1. The molecule has 0 radical (unpaired) electrons. The van der Waals surface area contributed by atoms with E-state index in [-0.39, 0.29) is 4.90 Å². The average molecular weight is 311 g/mol. The van der Waals surface area contributed by atoms with Gasteiger partial charge in [0.1, 0.15) is 5.75 Å². The number of anilines is 1. The number of nitrogens with one attached hydrogen (secondary N) is 1. The number of benzene rings is 1. The van der Waals surface area contributed by atoms with Gasteiger partial charge in [0.25, 0.3) is 0 Å². The van der Waals surface area contributed by atoms with Crippen LogP contribution in [0.1, 0.15) is 6.42 Å². The van der Waals surface area contributed by atoms with E-state index in [1.54, 1.807) is 17.1 Å². The zero-order valence-corrected chi connectivity index (χ0v) is 12.4. The molecule has 0 bridgehead atoms. The van der Waals surface area contributed by atoms with Crippen molar-refractivity contribution < 1.29 is 13.2 Å². The van der Waals surface area contributed by atoms with Crippen LogP contribution in [0.5, 0.6) is 5.75 Å². The maximum absolute atomic E-state index is 12.1. The highest BCUT2D eigenvalue weighted by atomic mass is 32.2. The minimum absolute atomic E-state index is 0.120. The molecule has 0 aliphatic heterocycles. The first kappa shape index (κ1) is 15.3. The van der Waals surface area contributed by atoms with Crippen LogP contribution < -0.4 is 15.2 Å². The van der Waals surface area contributed by atoms with Crippen molar-refractivity contribution in [3.05, 3.63) is 30.6 Å². The van der Waals surface area contributed by atoms with Crippen molar-refractivity contribution in [2.45, 2.75) is 17.9 Å². The molecule has 0 saturated carbocycles. The third-order valence-electron chi connectivity index (χ3n) is 2.84. The fourth-order valence-electron chi connectivity index (χ4n) is 1.74. The molecule has 114 valence electrons. The quantitative estimate of drug-likeness (QED) is 0.559. The standard InChI is InChI=1S/C12H17N5O3S/c1-20-12-9-10(3-4-11(12)13)21(18,19)15-5-2-7-17-8-6-14-16-17/h3-4,6,8-9,15H,2,5,7,13H2,1H3. The molecule has 0 fully saturated rings. The van der Waals surface area contributed by atoms with E-state index < -0.39 is 10.0 Å². The maximum Gasteiger partial charge on any atom is 0.240 e. The molecular weight excluding hydrogens is 294 g/mol. The lowest BCUT2D eigenvalue weighted by atomic mass is 10.3. The smallest absolute Gasteiger partial charge is 0.240 e. The van der Waals surface area contributed by atoms with E-state index in [2.05, 4.69) is 15.0 Å². The molecule has 8 nitrogen and oxygen atoms in total. The van der Waals surface area contributed by atoms with Crippen LogP contribution in [0.15, 0.2) is 35.5 Å². The minimum Gasteiger partial charge on any atom is -0.495 e. The predicted molar refractivity (Wildman–Crippen MR) is 77.2 cm³/mol. The van der Waals surface area contributed by atoms with Gasteiger partial charge < -0.3 is 10.5 Å². The molecule has 9 heteroatoms. The molecule has 1 aromatic carbocycles. The molecular formula is C12H17N5O3S. The van der Waals surface area contributed by atoms with Crippen molar-refractivity contribution in [1.29, 1.82) is 0 Å². The lowest BCUT2D eigenvalue weighted by Crippen LogP contribution is -2.25. The molecule has 0 spiro atoms. The summed E-state index contributed by atoms with van der Waals surface area (Å²) < 4.78 is 33.4. The molecule has 0 saturated heterocycles. The topological polar surface area (TPSA) is 112 Å². The third-order valence-corrected chi connectivity index (χ3v) is 4.30. The number of ether oxygens (including phenoxy) is 1. The first-order chi connectivity index (χ1) is 10.0. The van der Waals surface area contributed by atoms with E-state index in [0.717, 1.165) is 0 Å². The number of aryl methyl sites for hydroxylation is 1. The number of nitrogen functional groups attached to an aromatic ring is 1. The van der Waals surface area contributed by atoms with Gasteiger partial charge in [-0.1, -0.05) is 5.21 Å². The Morgan fingerprint density at radius 3 is 2.90 bits per heavy atom. The van der Waals surface area contributed by atoms with Crippen molar-refractivity contribution in [1.82, 2.24) is 19.7 Å². The van der Waals surface area contributed by atoms with Gasteiger partial charge >= 0.3 is 0 Å². The summed E-state index contributed by atoms with van der Waals surface area (Å²) in [6.45, 7) is 0.891. The number of aromatic nitrogens is 3. The average Bonchev–Trinajstić information content (AvgIpc) is 2.97. The molecule has 1 heterocycles. The summed E-state index contributed by atoms with van der Waals surface area (Å²) in [5.74, 6) is 0.334. The number of hydrogen-bond donors (Lipinski definition) is 2. The number of nitrogens with two attached hydrogens (primary N) is 1. The van der Waals surface area contributed by atoms with Gasteiger partial charge in [0, 0.05) is 25.4 Å². The van der Waals surface area contributed by atoms with Crippen molar-refractivity contribution in [3.8, 4) is 5.75 Å². The number of rotatable bonds is 7. The van der Waals surface area contributed by atoms with Gasteiger partial charge in [-0.15, -0.1) is 5.10 Å². The van der Waals surface area contributed by atoms with Gasteiger partial charge in [0.05, 0.1) is 23.9 Å². The van der Waals surface area contributed by atoms with Gasteiger partial charge in [0.15, 0.2) is 0 Å². The summed E-state index contributed by atoms with van der Waals surface area (Å²) in [5, 5.41) is 7.47. The van der Waals surface area contributed by atoms with Crippen LogP contribution in [0, 0.1) is 0 Å². The second-order valence-corrected chi connectivity index (χ2v) is 6.09. The summed E-state index contributed by atoms with van der Waals surface area (Å²) in [7, 11) is -2.14. The first-order valence-electron chi connectivity index (χ1n) is 6.30. The van der Waals surface area contributed by atoms with Crippen molar-refractivity contribution in [2.24, 2.45) is 0 Å².